The highest BCUT2D eigenvalue weighted by Crippen LogP contribution is 2.31. The molecule has 0 radical (unpaired) electrons. The molecule has 1 saturated heterocycles. The first-order chi connectivity index (χ1) is 15.9. The van der Waals surface area contributed by atoms with E-state index in [4.69, 9.17) is 9.47 Å². The number of aryl methyl sites for hydroxylation is 1. The summed E-state index contributed by atoms with van der Waals surface area (Å²) in [5.41, 5.74) is 1.51. The predicted octanol–water partition coefficient (Wildman–Crippen LogP) is 2.36. The molecular weight excluding hydrogens is 444 g/mol. The summed E-state index contributed by atoms with van der Waals surface area (Å²) in [5, 5.41) is 6.22. The van der Waals surface area contributed by atoms with Gasteiger partial charge in [0.05, 0.1) is 19.5 Å². The first-order valence-electron chi connectivity index (χ1n) is 11.2. The molecular formula is C22H34N6O4S. The molecule has 0 amide bonds. The molecule has 1 aromatic carbocycles. The van der Waals surface area contributed by atoms with Crippen molar-refractivity contribution in [2.24, 2.45) is 0 Å². The lowest BCUT2D eigenvalue weighted by Crippen LogP contribution is -2.26. The molecule has 0 saturated carbocycles. The van der Waals surface area contributed by atoms with Crippen molar-refractivity contribution in [3.05, 3.63) is 30.0 Å². The second kappa shape index (κ2) is 12.0. The molecule has 1 aromatic heterocycles. The summed E-state index contributed by atoms with van der Waals surface area (Å²) in [6.07, 6.45) is 3.53. The van der Waals surface area contributed by atoms with Crippen molar-refractivity contribution in [3.8, 4) is 11.5 Å². The normalized spacial score (nSPS) is 14.3. The van der Waals surface area contributed by atoms with Gasteiger partial charge in [-0.15, -0.1) is 0 Å². The van der Waals surface area contributed by atoms with Gasteiger partial charge in [-0.3, -0.25) is 0 Å². The van der Waals surface area contributed by atoms with Gasteiger partial charge in [-0.25, -0.2) is 18.1 Å². The Morgan fingerprint density at radius 2 is 1.91 bits per heavy atom. The summed E-state index contributed by atoms with van der Waals surface area (Å²) in [6.45, 7) is 6.11. The predicted molar refractivity (Wildman–Crippen MR) is 130 cm³/mol. The van der Waals surface area contributed by atoms with Gasteiger partial charge in [-0.1, -0.05) is 0 Å². The maximum Gasteiger partial charge on any atom is 0.229 e. The van der Waals surface area contributed by atoms with E-state index in [-0.39, 0.29) is 12.3 Å². The molecule has 3 rings (SSSR count). The number of anilines is 3. The number of nitrogens with one attached hydrogen (secondary N) is 3. The van der Waals surface area contributed by atoms with E-state index in [0.29, 0.717) is 29.9 Å². The summed E-state index contributed by atoms with van der Waals surface area (Å²) in [7, 11) is -0.269. The Balaban J connectivity index is 1.60. The van der Waals surface area contributed by atoms with Crippen LogP contribution in [-0.2, 0) is 10.0 Å². The Morgan fingerprint density at radius 1 is 1.12 bits per heavy atom. The van der Waals surface area contributed by atoms with Crippen LogP contribution < -0.4 is 24.8 Å². The van der Waals surface area contributed by atoms with Gasteiger partial charge < -0.3 is 25.0 Å². The molecule has 1 aliphatic heterocycles. The zero-order chi connectivity index (χ0) is 23.7. The molecule has 182 valence electrons. The highest BCUT2D eigenvalue weighted by molar-refractivity contribution is 7.89. The van der Waals surface area contributed by atoms with Crippen molar-refractivity contribution in [2.45, 2.75) is 26.2 Å². The van der Waals surface area contributed by atoms with Gasteiger partial charge in [0.2, 0.25) is 16.0 Å². The van der Waals surface area contributed by atoms with E-state index in [9.17, 15) is 8.42 Å². The molecule has 0 spiro atoms. The van der Waals surface area contributed by atoms with Crippen LogP contribution in [0, 0.1) is 6.92 Å². The average molecular weight is 479 g/mol. The molecule has 2 aromatic rings. The molecule has 10 nitrogen and oxygen atoms in total. The summed E-state index contributed by atoms with van der Waals surface area (Å²) < 4.78 is 36.9. The molecule has 33 heavy (non-hydrogen) atoms. The molecule has 1 fully saturated rings. The molecule has 0 bridgehead atoms. The van der Waals surface area contributed by atoms with Crippen LogP contribution in [0.5, 0.6) is 11.5 Å². The quantitative estimate of drug-likeness (QED) is 0.373. The Bertz CT molecular complexity index is 1010. The van der Waals surface area contributed by atoms with Crippen LogP contribution in [0.3, 0.4) is 0 Å². The van der Waals surface area contributed by atoms with E-state index in [1.807, 2.05) is 25.1 Å². The number of rotatable bonds is 13. The molecule has 2 heterocycles. The fraction of sp³-hybridized carbons (Fsp3) is 0.545. The van der Waals surface area contributed by atoms with Crippen LogP contribution in [0.25, 0.3) is 0 Å². The minimum Gasteiger partial charge on any atom is -0.493 e. The number of hydrogen-bond acceptors (Lipinski definition) is 9. The largest absolute Gasteiger partial charge is 0.493 e. The van der Waals surface area contributed by atoms with E-state index in [1.54, 1.807) is 13.2 Å². The number of sulfonamides is 1. The van der Waals surface area contributed by atoms with E-state index in [2.05, 4.69) is 30.2 Å². The molecule has 0 atom stereocenters. The minimum absolute atomic E-state index is 0.0494. The van der Waals surface area contributed by atoms with Gasteiger partial charge in [-0.2, -0.15) is 4.98 Å². The van der Waals surface area contributed by atoms with Gasteiger partial charge in [0.25, 0.3) is 0 Å². The van der Waals surface area contributed by atoms with Crippen LogP contribution in [0.1, 0.15) is 25.0 Å². The summed E-state index contributed by atoms with van der Waals surface area (Å²) in [6, 6.07) is 7.34. The van der Waals surface area contributed by atoms with Gasteiger partial charge >= 0.3 is 0 Å². The fourth-order valence-corrected chi connectivity index (χ4v) is 4.18. The van der Waals surface area contributed by atoms with Crippen molar-refractivity contribution in [2.75, 3.05) is 63.3 Å². The lowest BCUT2D eigenvalue weighted by atomic mass is 10.2. The topological polar surface area (TPSA) is 118 Å². The number of nitrogens with zero attached hydrogens (tertiary/aromatic N) is 3. The molecule has 0 aliphatic carbocycles. The summed E-state index contributed by atoms with van der Waals surface area (Å²) >= 11 is 0. The first kappa shape index (κ1) is 25.0. The third-order valence-corrected chi connectivity index (χ3v) is 6.70. The maximum absolute atomic E-state index is 11.6. The zero-order valence-electron chi connectivity index (χ0n) is 19.6. The van der Waals surface area contributed by atoms with Gasteiger partial charge in [0.1, 0.15) is 5.82 Å². The number of aromatic nitrogens is 2. The van der Waals surface area contributed by atoms with Crippen LogP contribution in [0.15, 0.2) is 24.3 Å². The van der Waals surface area contributed by atoms with E-state index in [1.165, 1.54) is 33.0 Å². The van der Waals surface area contributed by atoms with Crippen molar-refractivity contribution < 1.29 is 17.9 Å². The first-order valence-corrected chi connectivity index (χ1v) is 12.8. The lowest BCUT2D eigenvalue weighted by molar-refractivity contribution is 0.254. The Morgan fingerprint density at radius 3 is 2.64 bits per heavy atom. The van der Waals surface area contributed by atoms with Crippen molar-refractivity contribution >= 4 is 27.5 Å². The standard InChI is InChI=1S/C22H34N6O4S/c1-17-15-21(24-9-14-33(29,30)23-2)27-22(25-17)26-18-7-8-19(31-3)20(16-18)32-13-6-12-28-10-4-5-11-28/h7-8,15-16,23H,4-6,9-14H2,1-3H3,(H2,24,25,26,27). The number of hydrogen-bond donors (Lipinski definition) is 3. The highest BCUT2D eigenvalue weighted by atomic mass is 32.2. The van der Waals surface area contributed by atoms with Gasteiger partial charge in [-0.05, 0) is 58.5 Å². The Labute approximate surface area is 196 Å². The SMILES string of the molecule is CNS(=O)(=O)CCNc1cc(C)nc(Nc2ccc(OC)c(OCCCN3CCCC3)c2)n1. The third kappa shape index (κ3) is 8.02. The van der Waals surface area contributed by atoms with E-state index >= 15 is 0 Å². The number of ether oxygens (including phenoxy) is 2. The zero-order valence-corrected chi connectivity index (χ0v) is 20.4. The molecule has 1 aliphatic rings. The Kier molecular flexibility index (Phi) is 9.10. The van der Waals surface area contributed by atoms with E-state index in [0.717, 1.165) is 24.3 Å². The maximum atomic E-state index is 11.6. The van der Waals surface area contributed by atoms with Crippen LogP contribution in [-0.4, -0.2) is 76.0 Å². The second-order valence-electron chi connectivity index (χ2n) is 7.91. The van der Waals surface area contributed by atoms with Crippen molar-refractivity contribution in [1.82, 2.24) is 19.6 Å². The minimum atomic E-state index is -3.28. The van der Waals surface area contributed by atoms with Gasteiger partial charge in [0.15, 0.2) is 11.5 Å². The number of likely N-dealkylation sites (tertiary alicyclic amines) is 1. The fourth-order valence-electron chi connectivity index (χ4n) is 3.60. The lowest BCUT2D eigenvalue weighted by Gasteiger charge is -2.16. The van der Waals surface area contributed by atoms with Crippen molar-refractivity contribution in [1.29, 1.82) is 0 Å². The molecule has 11 heteroatoms. The van der Waals surface area contributed by atoms with Crippen LogP contribution in [0.2, 0.25) is 0 Å². The monoisotopic (exact) mass is 478 g/mol. The van der Waals surface area contributed by atoms with Crippen LogP contribution >= 0.6 is 0 Å². The summed E-state index contributed by atoms with van der Waals surface area (Å²) in [4.78, 5) is 11.3. The highest BCUT2D eigenvalue weighted by Gasteiger charge is 2.12. The molecule has 0 unspecified atom stereocenters. The summed E-state index contributed by atoms with van der Waals surface area (Å²) in [5.74, 6) is 2.22. The van der Waals surface area contributed by atoms with E-state index < -0.39 is 10.0 Å². The molecule has 3 N–H and O–H groups in total. The van der Waals surface area contributed by atoms with Gasteiger partial charge in [0, 0.05) is 36.6 Å². The van der Waals surface area contributed by atoms with Crippen molar-refractivity contribution in [3.63, 3.8) is 0 Å². The number of benzene rings is 1. The number of methoxy groups -OCH3 is 1. The Hall–Kier alpha value is -2.63. The van der Waals surface area contributed by atoms with Crippen LogP contribution in [0.4, 0.5) is 17.5 Å². The second-order valence-corrected chi connectivity index (χ2v) is 9.96. The third-order valence-electron chi connectivity index (χ3n) is 5.34. The average Bonchev–Trinajstić information content (AvgIpc) is 3.30. The smallest absolute Gasteiger partial charge is 0.229 e.